The Morgan fingerprint density at radius 1 is 1.31 bits per heavy atom. The quantitative estimate of drug-likeness (QED) is 0.739. The summed E-state index contributed by atoms with van der Waals surface area (Å²) >= 11 is 3.18. The molecule has 0 saturated heterocycles. The summed E-state index contributed by atoms with van der Waals surface area (Å²) in [7, 11) is 0. The molecule has 0 spiro atoms. The highest BCUT2D eigenvalue weighted by molar-refractivity contribution is 9.09. The van der Waals surface area contributed by atoms with Gasteiger partial charge in [-0.15, -0.1) is 0 Å². The first-order chi connectivity index (χ1) is 6.04. The van der Waals surface area contributed by atoms with Crippen LogP contribution in [0.25, 0.3) is 0 Å². The molecule has 0 bridgehead atoms. The molecule has 1 aromatic rings. The van der Waals surface area contributed by atoms with E-state index in [-0.39, 0.29) is 0 Å². The summed E-state index contributed by atoms with van der Waals surface area (Å²) < 4.78 is 36.2. The molecule has 0 saturated carbocycles. The Bertz CT molecular complexity index is 268. The van der Waals surface area contributed by atoms with Gasteiger partial charge in [0.25, 0.3) is 0 Å². The first kappa shape index (κ1) is 10.5. The smallest absolute Gasteiger partial charge is 0.261 e. The average molecular weight is 254 g/mol. The fourth-order valence-corrected chi connectivity index (χ4v) is 1.24. The standard InChI is InChI=1S/C8H7BrF3N/c9-4-3-7-2-1-6(5-13-7)8(10,11)12/h1-2,5H,3-4H2. The molecule has 5 heteroatoms. The summed E-state index contributed by atoms with van der Waals surface area (Å²) in [4.78, 5) is 3.68. The van der Waals surface area contributed by atoms with E-state index in [1.807, 2.05) is 0 Å². The molecule has 1 nitrogen and oxygen atoms in total. The topological polar surface area (TPSA) is 12.9 Å². The third-order valence-corrected chi connectivity index (χ3v) is 1.90. The van der Waals surface area contributed by atoms with Crippen LogP contribution in [0.3, 0.4) is 0 Å². The Labute approximate surface area is 82.1 Å². The minimum absolute atomic E-state index is 0.637. The Balaban J connectivity index is 2.81. The zero-order valence-electron chi connectivity index (χ0n) is 6.61. The number of hydrogen-bond donors (Lipinski definition) is 0. The Morgan fingerprint density at radius 2 is 2.00 bits per heavy atom. The minimum Gasteiger partial charge on any atom is -0.261 e. The molecule has 0 aliphatic rings. The molecule has 1 aromatic heterocycles. The van der Waals surface area contributed by atoms with Gasteiger partial charge in [0.1, 0.15) is 0 Å². The van der Waals surface area contributed by atoms with Gasteiger partial charge in [-0.3, -0.25) is 4.98 Å². The molecule has 0 radical (unpaired) electrons. The predicted octanol–water partition coefficient (Wildman–Crippen LogP) is 3.04. The summed E-state index contributed by atoms with van der Waals surface area (Å²) in [6, 6.07) is 2.44. The monoisotopic (exact) mass is 253 g/mol. The van der Waals surface area contributed by atoms with Crippen LogP contribution >= 0.6 is 15.9 Å². The van der Waals surface area contributed by atoms with Crippen LogP contribution in [0.4, 0.5) is 13.2 Å². The second-order valence-electron chi connectivity index (χ2n) is 2.47. The summed E-state index contributed by atoms with van der Waals surface area (Å²) in [6.45, 7) is 0. The van der Waals surface area contributed by atoms with Crippen LogP contribution in [0.5, 0.6) is 0 Å². The van der Waals surface area contributed by atoms with E-state index < -0.39 is 11.7 Å². The summed E-state index contributed by atoms with van der Waals surface area (Å²) in [5.74, 6) is 0. The van der Waals surface area contributed by atoms with Crippen LogP contribution in [0.1, 0.15) is 11.3 Å². The van der Waals surface area contributed by atoms with Crippen LogP contribution in [0, 0.1) is 0 Å². The van der Waals surface area contributed by atoms with Gasteiger partial charge >= 0.3 is 6.18 Å². The van der Waals surface area contributed by atoms with Crippen molar-refractivity contribution in [1.82, 2.24) is 4.98 Å². The van der Waals surface area contributed by atoms with E-state index in [0.717, 1.165) is 12.3 Å². The van der Waals surface area contributed by atoms with Crippen molar-refractivity contribution >= 4 is 15.9 Å². The van der Waals surface area contributed by atoms with E-state index >= 15 is 0 Å². The normalized spacial score (nSPS) is 11.7. The maximum absolute atomic E-state index is 12.1. The van der Waals surface area contributed by atoms with Gasteiger partial charge in [-0.2, -0.15) is 13.2 Å². The zero-order valence-corrected chi connectivity index (χ0v) is 8.19. The molecule has 0 unspecified atom stereocenters. The average Bonchev–Trinajstić information content (AvgIpc) is 2.04. The predicted molar refractivity (Wildman–Crippen MR) is 46.7 cm³/mol. The van der Waals surface area contributed by atoms with Crippen molar-refractivity contribution in [1.29, 1.82) is 0 Å². The SMILES string of the molecule is FC(F)(F)c1ccc(CCBr)nc1. The number of halogens is 4. The second kappa shape index (κ2) is 4.09. The largest absolute Gasteiger partial charge is 0.417 e. The minimum atomic E-state index is -4.29. The molecule has 72 valence electrons. The van der Waals surface area contributed by atoms with E-state index in [1.54, 1.807) is 0 Å². The highest BCUT2D eigenvalue weighted by atomic mass is 79.9. The summed E-state index contributed by atoms with van der Waals surface area (Å²) in [6.07, 6.45) is -2.80. The first-order valence-electron chi connectivity index (χ1n) is 3.62. The summed E-state index contributed by atoms with van der Waals surface area (Å²) in [5, 5.41) is 0.700. The van der Waals surface area contributed by atoms with Gasteiger partial charge in [-0.05, 0) is 18.6 Å². The molecule has 0 N–H and O–H groups in total. The molecule has 13 heavy (non-hydrogen) atoms. The van der Waals surface area contributed by atoms with E-state index in [2.05, 4.69) is 20.9 Å². The van der Waals surface area contributed by atoms with Crippen molar-refractivity contribution in [3.05, 3.63) is 29.6 Å². The van der Waals surface area contributed by atoms with Gasteiger partial charge in [0.05, 0.1) is 5.56 Å². The highest BCUT2D eigenvalue weighted by Crippen LogP contribution is 2.28. The van der Waals surface area contributed by atoms with E-state index in [1.165, 1.54) is 6.07 Å². The van der Waals surface area contributed by atoms with Gasteiger partial charge in [-0.25, -0.2) is 0 Å². The molecule has 0 aliphatic carbocycles. The molecule has 0 aliphatic heterocycles. The lowest BCUT2D eigenvalue weighted by Gasteiger charge is -2.05. The maximum Gasteiger partial charge on any atom is 0.417 e. The van der Waals surface area contributed by atoms with Crippen LogP contribution in [-0.2, 0) is 12.6 Å². The van der Waals surface area contributed by atoms with Crippen molar-refractivity contribution in [2.45, 2.75) is 12.6 Å². The van der Waals surface area contributed by atoms with Gasteiger partial charge in [0.2, 0.25) is 0 Å². The number of pyridine rings is 1. The highest BCUT2D eigenvalue weighted by Gasteiger charge is 2.30. The molecular weight excluding hydrogens is 247 g/mol. The lowest BCUT2D eigenvalue weighted by atomic mass is 10.2. The number of aryl methyl sites for hydroxylation is 1. The third kappa shape index (κ3) is 2.99. The van der Waals surface area contributed by atoms with Crippen molar-refractivity contribution in [3.63, 3.8) is 0 Å². The van der Waals surface area contributed by atoms with E-state index in [9.17, 15) is 13.2 Å². The fraction of sp³-hybridized carbons (Fsp3) is 0.375. The van der Waals surface area contributed by atoms with Crippen LogP contribution in [0.2, 0.25) is 0 Å². The van der Waals surface area contributed by atoms with Gasteiger partial charge in [0.15, 0.2) is 0 Å². The van der Waals surface area contributed by atoms with Crippen LogP contribution in [0.15, 0.2) is 18.3 Å². The van der Waals surface area contributed by atoms with Crippen molar-refractivity contribution in [3.8, 4) is 0 Å². The lowest BCUT2D eigenvalue weighted by molar-refractivity contribution is -0.137. The Kier molecular flexibility index (Phi) is 3.30. The van der Waals surface area contributed by atoms with Gasteiger partial charge < -0.3 is 0 Å². The number of aromatic nitrogens is 1. The molecular formula is C8H7BrF3N. The van der Waals surface area contributed by atoms with Crippen molar-refractivity contribution in [2.24, 2.45) is 0 Å². The van der Waals surface area contributed by atoms with E-state index in [4.69, 9.17) is 0 Å². The number of alkyl halides is 4. The summed E-state index contributed by atoms with van der Waals surface area (Å²) in [5.41, 5.74) is -0.0457. The molecule has 0 atom stereocenters. The van der Waals surface area contributed by atoms with Crippen molar-refractivity contribution in [2.75, 3.05) is 5.33 Å². The molecule has 0 fully saturated rings. The number of hydrogen-bond acceptors (Lipinski definition) is 1. The zero-order chi connectivity index (χ0) is 9.90. The van der Waals surface area contributed by atoms with Gasteiger partial charge in [-0.1, -0.05) is 15.9 Å². The Morgan fingerprint density at radius 3 is 2.38 bits per heavy atom. The van der Waals surface area contributed by atoms with E-state index in [0.29, 0.717) is 17.4 Å². The van der Waals surface area contributed by atoms with Crippen LogP contribution < -0.4 is 0 Å². The maximum atomic E-state index is 12.1. The van der Waals surface area contributed by atoms with Crippen LogP contribution in [-0.4, -0.2) is 10.3 Å². The van der Waals surface area contributed by atoms with Crippen molar-refractivity contribution < 1.29 is 13.2 Å². The number of rotatable bonds is 2. The third-order valence-electron chi connectivity index (χ3n) is 1.50. The lowest BCUT2D eigenvalue weighted by Crippen LogP contribution is -2.05. The molecule has 0 aromatic carbocycles. The first-order valence-corrected chi connectivity index (χ1v) is 4.74. The molecule has 0 amide bonds. The fourth-order valence-electron chi connectivity index (χ4n) is 0.837. The molecule has 1 rings (SSSR count). The molecule has 1 heterocycles. The Hall–Kier alpha value is -0.580. The second-order valence-corrected chi connectivity index (χ2v) is 3.27. The van der Waals surface area contributed by atoms with Gasteiger partial charge in [0, 0.05) is 17.2 Å². The number of nitrogens with zero attached hydrogens (tertiary/aromatic N) is 1.